The highest BCUT2D eigenvalue weighted by atomic mass is 14.7. The van der Waals surface area contributed by atoms with Crippen LogP contribution in [0.15, 0.2) is 121 Å². The molecule has 6 aromatic rings. The molecule has 1 aliphatic carbocycles. The second kappa shape index (κ2) is 6.45. The third-order valence-electron chi connectivity index (χ3n) is 7.09. The molecule has 0 aliphatic heterocycles. The summed E-state index contributed by atoms with van der Waals surface area (Å²) in [6.07, 6.45) is 0. The van der Waals surface area contributed by atoms with Gasteiger partial charge in [0.25, 0.3) is 0 Å². The summed E-state index contributed by atoms with van der Waals surface area (Å²) in [6.45, 7) is 0. The van der Waals surface area contributed by atoms with Crippen LogP contribution in [0.5, 0.6) is 0 Å². The van der Waals surface area contributed by atoms with Crippen LogP contribution in [0.4, 0.5) is 0 Å². The van der Waals surface area contributed by atoms with Crippen molar-refractivity contribution in [2.75, 3.05) is 0 Å². The molecular weight excluding hydrogens is 386 g/mol. The zero-order valence-electron chi connectivity index (χ0n) is 17.5. The van der Waals surface area contributed by atoms with Crippen molar-refractivity contribution in [3.8, 4) is 11.1 Å². The Morgan fingerprint density at radius 2 is 1.09 bits per heavy atom. The summed E-state index contributed by atoms with van der Waals surface area (Å²) in [4.78, 5) is 3.81. The molecule has 0 saturated carbocycles. The van der Waals surface area contributed by atoms with E-state index in [1.807, 2.05) is 0 Å². The van der Waals surface area contributed by atoms with Gasteiger partial charge in [-0.25, -0.2) is 0 Å². The van der Waals surface area contributed by atoms with Crippen LogP contribution in [-0.2, 0) is 5.41 Å². The number of fused-ring (bicyclic) bond motifs is 7. The van der Waals surface area contributed by atoms with Crippen LogP contribution < -0.4 is 0 Å². The van der Waals surface area contributed by atoms with Gasteiger partial charge < -0.3 is 4.98 Å². The van der Waals surface area contributed by atoms with Crippen LogP contribution in [-0.4, -0.2) is 4.98 Å². The smallest absolute Gasteiger partial charge is 0.0734 e. The highest BCUT2D eigenvalue weighted by molar-refractivity contribution is 6.12. The Kier molecular flexibility index (Phi) is 3.54. The van der Waals surface area contributed by atoms with Crippen molar-refractivity contribution in [3.63, 3.8) is 0 Å². The van der Waals surface area contributed by atoms with E-state index in [9.17, 15) is 0 Å². The Bertz CT molecular complexity index is 1570. The maximum atomic E-state index is 3.81. The predicted octanol–water partition coefficient (Wildman–Crippen LogP) is 7.68. The van der Waals surface area contributed by atoms with Gasteiger partial charge in [0.05, 0.1) is 10.9 Å². The summed E-state index contributed by atoms with van der Waals surface area (Å²) in [5.74, 6) is 0. The summed E-state index contributed by atoms with van der Waals surface area (Å²) in [6, 6.07) is 44.1. The van der Waals surface area contributed by atoms with Gasteiger partial charge in [0.15, 0.2) is 0 Å². The summed E-state index contributed by atoms with van der Waals surface area (Å²) in [5, 5.41) is 2.56. The number of nitrogens with one attached hydrogen (secondary N) is 1. The first-order chi connectivity index (χ1) is 15.9. The summed E-state index contributed by atoms with van der Waals surface area (Å²) >= 11 is 0. The van der Waals surface area contributed by atoms with Crippen LogP contribution in [0.3, 0.4) is 0 Å². The van der Waals surface area contributed by atoms with Crippen molar-refractivity contribution in [3.05, 3.63) is 144 Å². The van der Waals surface area contributed by atoms with Crippen molar-refractivity contribution < 1.29 is 0 Å². The Morgan fingerprint density at radius 3 is 1.84 bits per heavy atom. The van der Waals surface area contributed by atoms with Gasteiger partial charge in [-0.15, -0.1) is 0 Å². The van der Waals surface area contributed by atoms with Crippen molar-refractivity contribution in [1.29, 1.82) is 0 Å². The van der Waals surface area contributed by atoms with Crippen LogP contribution >= 0.6 is 0 Å². The van der Waals surface area contributed by atoms with Crippen LogP contribution in [0.25, 0.3) is 32.9 Å². The molecule has 0 amide bonds. The van der Waals surface area contributed by atoms with Crippen LogP contribution in [0.1, 0.15) is 22.3 Å². The van der Waals surface area contributed by atoms with Gasteiger partial charge in [0, 0.05) is 21.9 Å². The number of aromatic amines is 1. The number of H-pyrrole nitrogens is 1. The summed E-state index contributed by atoms with van der Waals surface area (Å²) in [7, 11) is 0. The molecule has 0 spiro atoms. The van der Waals surface area contributed by atoms with Crippen LogP contribution in [0.2, 0.25) is 0 Å². The number of rotatable bonds is 2. The fourth-order valence-electron chi connectivity index (χ4n) is 5.85. The largest absolute Gasteiger partial charge is 0.354 e. The highest BCUT2D eigenvalue weighted by Gasteiger charge is 2.47. The first kappa shape index (κ1) is 17.6. The molecule has 1 aliphatic rings. The SMILES string of the molecule is c1ccc(C2(c3ccccc3)c3ccccc3-c3ccc4c([nH]c5ccccc54)c32)cc1. The van der Waals surface area contributed by atoms with Gasteiger partial charge in [0.2, 0.25) is 0 Å². The van der Waals surface area contributed by atoms with Crippen molar-refractivity contribution in [1.82, 2.24) is 4.98 Å². The average Bonchev–Trinajstić information content (AvgIpc) is 3.39. The van der Waals surface area contributed by atoms with Crippen molar-refractivity contribution in [2.24, 2.45) is 0 Å². The third-order valence-corrected chi connectivity index (χ3v) is 7.09. The van der Waals surface area contributed by atoms with E-state index in [1.165, 1.54) is 55.2 Å². The minimum atomic E-state index is -0.380. The molecule has 0 unspecified atom stereocenters. The van der Waals surface area contributed by atoms with E-state index in [2.05, 4.69) is 126 Å². The zero-order valence-corrected chi connectivity index (χ0v) is 17.5. The average molecular weight is 408 g/mol. The Morgan fingerprint density at radius 1 is 0.469 bits per heavy atom. The summed E-state index contributed by atoms with van der Waals surface area (Å²) < 4.78 is 0. The first-order valence-electron chi connectivity index (χ1n) is 11.1. The monoisotopic (exact) mass is 407 g/mol. The molecule has 150 valence electrons. The molecule has 1 heterocycles. The molecule has 1 N–H and O–H groups in total. The number of hydrogen-bond donors (Lipinski definition) is 1. The van der Waals surface area contributed by atoms with Gasteiger partial charge in [0.1, 0.15) is 0 Å². The standard InChI is InChI=1S/C31H21N/c1-3-11-21(12-4-1)31(22-13-5-2-6-14-22)27-17-9-7-15-23(27)25-19-20-26-24-16-8-10-18-28(24)32-30(26)29(25)31/h1-20,32H. The lowest BCUT2D eigenvalue weighted by Gasteiger charge is -2.34. The summed E-state index contributed by atoms with van der Waals surface area (Å²) in [5.41, 5.74) is 9.95. The minimum absolute atomic E-state index is 0.380. The molecule has 1 heteroatoms. The molecule has 0 fully saturated rings. The maximum absolute atomic E-state index is 3.81. The fraction of sp³-hybridized carbons (Fsp3) is 0.0323. The quantitative estimate of drug-likeness (QED) is 0.302. The third kappa shape index (κ3) is 2.13. The lowest BCUT2D eigenvalue weighted by Crippen LogP contribution is -2.28. The van der Waals surface area contributed by atoms with E-state index in [4.69, 9.17) is 0 Å². The highest BCUT2D eigenvalue weighted by Crippen LogP contribution is 2.58. The fourth-order valence-corrected chi connectivity index (χ4v) is 5.85. The van der Waals surface area contributed by atoms with Gasteiger partial charge in [-0.3, -0.25) is 0 Å². The molecular formula is C31H21N. The molecule has 0 radical (unpaired) electrons. The number of para-hydroxylation sites is 1. The van der Waals surface area contributed by atoms with Gasteiger partial charge in [-0.05, 0) is 33.9 Å². The molecule has 1 aromatic heterocycles. The maximum Gasteiger partial charge on any atom is 0.0734 e. The number of benzene rings is 5. The van der Waals surface area contributed by atoms with E-state index >= 15 is 0 Å². The molecule has 5 aromatic carbocycles. The topological polar surface area (TPSA) is 15.8 Å². The zero-order chi connectivity index (χ0) is 21.1. The van der Waals surface area contributed by atoms with Gasteiger partial charge >= 0.3 is 0 Å². The van der Waals surface area contributed by atoms with E-state index in [0.29, 0.717) is 0 Å². The second-order valence-corrected chi connectivity index (χ2v) is 8.61. The van der Waals surface area contributed by atoms with Gasteiger partial charge in [-0.2, -0.15) is 0 Å². The van der Waals surface area contributed by atoms with Gasteiger partial charge in [-0.1, -0.05) is 115 Å². The molecule has 32 heavy (non-hydrogen) atoms. The van der Waals surface area contributed by atoms with E-state index in [1.54, 1.807) is 0 Å². The lowest BCUT2D eigenvalue weighted by atomic mass is 9.67. The van der Waals surface area contributed by atoms with E-state index in [-0.39, 0.29) is 5.41 Å². The Hall–Kier alpha value is -4.10. The van der Waals surface area contributed by atoms with Crippen molar-refractivity contribution in [2.45, 2.75) is 5.41 Å². The first-order valence-corrected chi connectivity index (χ1v) is 11.1. The minimum Gasteiger partial charge on any atom is -0.354 e. The molecule has 0 saturated heterocycles. The normalized spacial score (nSPS) is 13.9. The van der Waals surface area contributed by atoms with Crippen LogP contribution in [0, 0.1) is 0 Å². The Balaban J connectivity index is 1.75. The second-order valence-electron chi connectivity index (χ2n) is 8.61. The lowest BCUT2D eigenvalue weighted by molar-refractivity contribution is 0.774. The van der Waals surface area contributed by atoms with Crippen molar-refractivity contribution >= 4 is 21.8 Å². The molecule has 0 bridgehead atoms. The molecule has 7 rings (SSSR count). The predicted molar refractivity (Wildman–Crippen MR) is 133 cm³/mol. The van der Waals surface area contributed by atoms with E-state index < -0.39 is 0 Å². The van der Waals surface area contributed by atoms with E-state index in [0.717, 1.165) is 0 Å². The molecule has 0 atom stereocenters. The Labute approximate surface area is 187 Å². The molecule has 1 nitrogen and oxygen atoms in total. The number of aromatic nitrogens is 1. The number of hydrogen-bond acceptors (Lipinski definition) is 0.